The van der Waals surface area contributed by atoms with Crippen LogP contribution < -0.4 is 15.8 Å². The molecule has 1 atom stereocenters. The predicted octanol–water partition coefficient (Wildman–Crippen LogP) is 1.41. The molecule has 0 aliphatic rings. The van der Waals surface area contributed by atoms with Crippen molar-refractivity contribution in [3.63, 3.8) is 0 Å². The van der Waals surface area contributed by atoms with E-state index < -0.39 is 12.0 Å². The van der Waals surface area contributed by atoms with Gasteiger partial charge in [0.15, 0.2) is 0 Å². The number of ether oxygens (including phenoxy) is 1. The number of methoxy groups -OCH3 is 1. The third kappa shape index (κ3) is 4.43. The zero-order valence-corrected chi connectivity index (χ0v) is 12.2. The molecule has 0 unspecified atom stereocenters. The molecule has 0 bridgehead atoms. The molecule has 7 heteroatoms. The first kappa shape index (κ1) is 16.3. The Morgan fingerprint density at radius 2 is 2.20 bits per heavy atom. The highest BCUT2D eigenvalue weighted by molar-refractivity contribution is 7.98. The number of rotatable bonds is 7. The number of hydrogen-bond acceptors (Lipinski definition) is 5. The first-order valence-electron chi connectivity index (χ1n) is 5.96. The lowest BCUT2D eigenvalue weighted by molar-refractivity contribution is -0.117. The molecule has 1 aromatic carbocycles. The van der Waals surface area contributed by atoms with Gasteiger partial charge in [-0.3, -0.25) is 4.79 Å². The molecule has 20 heavy (non-hydrogen) atoms. The maximum atomic E-state index is 11.8. The van der Waals surface area contributed by atoms with E-state index in [9.17, 15) is 9.59 Å². The van der Waals surface area contributed by atoms with Crippen LogP contribution in [0, 0.1) is 0 Å². The second-order valence-electron chi connectivity index (χ2n) is 4.10. The second kappa shape index (κ2) is 7.76. The minimum atomic E-state index is -1.09. The minimum absolute atomic E-state index is 0.0391. The summed E-state index contributed by atoms with van der Waals surface area (Å²) in [5.74, 6) is -0.399. The zero-order chi connectivity index (χ0) is 15.1. The lowest BCUT2D eigenvalue weighted by Gasteiger charge is -2.13. The van der Waals surface area contributed by atoms with E-state index in [2.05, 4.69) is 5.32 Å². The van der Waals surface area contributed by atoms with Gasteiger partial charge in [0, 0.05) is 11.8 Å². The standard InChI is InChI=1S/C13H18N2O4S/c1-19-11-7-8(3-4-9(11)13(17)18)15-12(16)10(14)5-6-20-2/h3-4,7,10H,5-6,14H2,1-2H3,(H,15,16)(H,17,18)/t10-/m0/s1. The van der Waals surface area contributed by atoms with Gasteiger partial charge in [0.1, 0.15) is 11.3 Å². The van der Waals surface area contributed by atoms with Gasteiger partial charge in [-0.15, -0.1) is 0 Å². The molecule has 6 nitrogen and oxygen atoms in total. The van der Waals surface area contributed by atoms with E-state index in [1.165, 1.54) is 25.3 Å². The molecule has 0 aliphatic heterocycles. The van der Waals surface area contributed by atoms with Crippen LogP contribution in [0.15, 0.2) is 18.2 Å². The molecule has 0 saturated heterocycles. The number of amides is 1. The smallest absolute Gasteiger partial charge is 0.339 e. The highest BCUT2D eigenvalue weighted by Gasteiger charge is 2.15. The van der Waals surface area contributed by atoms with Gasteiger partial charge in [0.2, 0.25) is 5.91 Å². The van der Waals surface area contributed by atoms with Crippen molar-refractivity contribution in [1.29, 1.82) is 0 Å². The predicted molar refractivity (Wildman–Crippen MR) is 79.6 cm³/mol. The second-order valence-corrected chi connectivity index (χ2v) is 5.08. The van der Waals surface area contributed by atoms with Crippen molar-refractivity contribution < 1.29 is 19.4 Å². The Hall–Kier alpha value is -1.73. The topological polar surface area (TPSA) is 102 Å². The van der Waals surface area contributed by atoms with Crippen LogP contribution in [0.2, 0.25) is 0 Å². The summed E-state index contributed by atoms with van der Waals surface area (Å²) >= 11 is 1.62. The monoisotopic (exact) mass is 298 g/mol. The van der Waals surface area contributed by atoms with Gasteiger partial charge in [-0.05, 0) is 30.6 Å². The summed E-state index contributed by atoms with van der Waals surface area (Å²) in [6.45, 7) is 0. The van der Waals surface area contributed by atoms with Crippen LogP contribution >= 0.6 is 11.8 Å². The van der Waals surface area contributed by atoms with E-state index in [1.54, 1.807) is 11.8 Å². The molecule has 0 aromatic heterocycles. The largest absolute Gasteiger partial charge is 0.496 e. The Kier molecular flexibility index (Phi) is 6.33. The number of nitrogens with one attached hydrogen (secondary N) is 1. The summed E-state index contributed by atoms with van der Waals surface area (Å²) in [6, 6.07) is 3.76. The summed E-state index contributed by atoms with van der Waals surface area (Å²) < 4.78 is 4.99. The number of thioether (sulfide) groups is 1. The van der Waals surface area contributed by atoms with Gasteiger partial charge in [-0.1, -0.05) is 0 Å². The Bertz CT molecular complexity index is 493. The molecule has 0 aliphatic carbocycles. The highest BCUT2D eigenvalue weighted by atomic mass is 32.2. The van der Waals surface area contributed by atoms with Gasteiger partial charge in [-0.25, -0.2) is 4.79 Å². The van der Waals surface area contributed by atoms with Crippen LogP contribution in [0.4, 0.5) is 5.69 Å². The number of benzene rings is 1. The van der Waals surface area contributed by atoms with E-state index in [1.807, 2.05) is 6.26 Å². The Labute approximate surface area is 121 Å². The molecule has 4 N–H and O–H groups in total. The highest BCUT2D eigenvalue weighted by Crippen LogP contribution is 2.23. The Morgan fingerprint density at radius 1 is 1.50 bits per heavy atom. The number of hydrogen-bond donors (Lipinski definition) is 3. The number of aromatic carboxylic acids is 1. The summed E-state index contributed by atoms with van der Waals surface area (Å²) in [4.78, 5) is 22.8. The zero-order valence-electron chi connectivity index (χ0n) is 11.4. The molecule has 0 radical (unpaired) electrons. The molecule has 1 amide bonds. The van der Waals surface area contributed by atoms with E-state index in [0.29, 0.717) is 12.1 Å². The first-order chi connectivity index (χ1) is 9.49. The number of carboxylic acid groups (broad SMARTS) is 1. The molecule has 0 saturated carbocycles. The van der Waals surface area contributed by atoms with Crippen molar-refractivity contribution in [2.24, 2.45) is 5.73 Å². The normalized spacial score (nSPS) is 11.8. The van der Waals surface area contributed by atoms with Crippen LogP contribution in [-0.4, -0.2) is 42.1 Å². The van der Waals surface area contributed by atoms with Crippen LogP contribution in [0.3, 0.4) is 0 Å². The average molecular weight is 298 g/mol. The van der Waals surface area contributed by atoms with Crippen molar-refractivity contribution in [3.8, 4) is 5.75 Å². The summed E-state index contributed by atoms with van der Waals surface area (Å²) in [5, 5.41) is 11.6. The summed E-state index contributed by atoms with van der Waals surface area (Å²) in [7, 11) is 1.37. The van der Waals surface area contributed by atoms with Crippen LogP contribution in [0.5, 0.6) is 5.75 Å². The maximum absolute atomic E-state index is 11.8. The van der Waals surface area contributed by atoms with Crippen molar-refractivity contribution in [2.75, 3.05) is 24.4 Å². The van der Waals surface area contributed by atoms with Gasteiger partial charge in [-0.2, -0.15) is 11.8 Å². The van der Waals surface area contributed by atoms with Crippen LogP contribution in [0.1, 0.15) is 16.8 Å². The Balaban J connectivity index is 2.78. The van der Waals surface area contributed by atoms with Gasteiger partial charge in [0.25, 0.3) is 0 Å². The van der Waals surface area contributed by atoms with E-state index in [0.717, 1.165) is 5.75 Å². The van der Waals surface area contributed by atoms with Crippen LogP contribution in [0.25, 0.3) is 0 Å². The molecular formula is C13H18N2O4S. The summed E-state index contributed by atoms with van der Waals surface area (Å²) in [5.41, 5.74) is 6.24. The Morgan fingerprint density at radius 3 is 2.75 bits per heavy atom. The van der Waals surface area contributed by atoms with Gasteiger partial charge in [0.05, 0.1) is 13.2 Å². The number of anilines is 1. The van der Waals surface area contributed by atoms with Crippen LogP contribution in [-0.2, 0) is 4.79 Å². The molecule has 0 spiro atoms. The molecule has 1 rings (SSSR count). The minimum Gasteiger partial charge on any atom is -0.496 e. The lowest BCUT2D eigenvalue weighted by atomic mass is 10.1. The number of carbonyl (C=O) groups is 2. The van der Waals surface area contributed by atoms with E-state index >= 15 is 0 Å². The third-order valence-corrected chi connectivity index (χ3v) is 3.31. The van der Waals surface area contributed by atoms with Crippen molar-refractivity contribution >= 4 is 29.3 Å². The molecule has 0 fully saturated rings. The SMILES string of the molecule is COc1cc(NC(=O)[C@@H](N)CCSC)ccc1C(=O)O. The molecule has 1 aromatic rings. The quantitative estimate of drug-likeness (QED) is 0.703. The molecule has 110 valence electrons. The fraction of sp³-hybridized carbons (Fsp3) is 0.385. The average Bonchev–Trinajstić information content (AvgIpc) is 2.44. The van der Waals surface area contributed by atoms with E-state index in [4.69, 9.17) is 15.6 Å². The maximum Gasteiger partial charge on any atom is 0.339 e. The number of carbonyl (C=O) groups excluding carboxylic acids is 1. The first-order valence-corrected chi connectivity index (χ1v) is 7.35. The summed E-state index contributed by atoms with van der Waals surface area (Å²) in [6.07, 6.45) is 2.53. The lowest BCUT2D eigenvalue weighted by Crippen LogP contribution is -2.36. The fourth-order valence-corrected chi connectivity index (χ4v) is 2.05. The molecular weight excluding hydrogens is 280 g/mol. The van der Waals surface area contributed by atoms with Gasteiger partial charge < -0.3 is 20.9 Å². The van der Waals surface area contributed by atoms with Crippen molar-refractivity contribution in [3.05, 3.63) is 23.8 Å². The number of carboxylic acids is 1. The number of nitrogens with two attached hydrogens (primary N) is 1. The third-order valence-electron chi connectivity index (χ3n) is 2.67. The van der Waals surface area contributed by atoms with Crippen molar-refractivity contribution in [1.82, 2.24) is 0 Å². The van der Waals surface area contributed by atoms with Gasteiger partial charge >= 0.3 is 5.97 Å². The van der Waals surface area contributed by atoms with Crippen molar-refractivity contribution in [2.45, 2.75) is 12.5 Å². The molecule has 0 heterocycles. The fourth-order valence-electron chi connectivity index (χ4n) is 1.56. The van der Waals surface area contributed by atoms with E-state index in [-0.39, 0.29) is 17.2 Å².